The van der Waals surface area contributed by atoms with Gasteiger partial charge in [0.2, 0.25) is 0 Å². The molecule has 3 saturated heterocycles. The Kier molecular flexibility index (Phi) is 9.76. The Morgan fingerprint density at radius 2 is 2.03 bits per heavy atom. The summed E-state index contributed by atoms with van der Waals surface area (Å²) < 4.78 is 11.8. The standard InChI is InChI=1S/C23H36N4O2S.HI/c1-3-24-22(25-17-23(8-15-30-18-23)27-10-12-28-13-11-27)26-9-14-29-21(16-26)20-7-5-4-6-19(20)2;/h4-7,21H,3,8-18H2,1-2H3,(H,24,25);1H. The maximum atomic E-state index is 6.15. The molecule has 2 unspecified atom stereocenters. The predicted octanol–water partition coefficient (Wildman–Crippen LogP) is 3.16. The van der Waals surface area contributed by atoms with Gasteiger partial charge in [0.15, 0.2) is 5.96 Å². The first kappa shape index (κ1) is 25.1. The summed E-state index contributed by atoms with van der Waals surface area (Å²) in [5.41, 5.74) is 2.76. The largest absolute Gasteiger partial charge is 0.379 e. The minimum atomic E-state index is 0. The molecule has 0 radical (unpaired) electrons. The highest BCUT2D eigenvalue weighted by atomic mass is 127. The van der Waals surface area contributed by atoms with Gasteiger partial charge < -0.3 is 19.7 Å². The highest BCUT2D eigenvalue weighted by Crippen LogP contribution is 2.34. The van der Waals surface area contributed by atoms with Crippen molar-refractivity contribution in [1.82, 2.24) is 15.1 Å². The van der Waals surface area contributed by atoms with Crippen molar-refractivity contribution in [3.8, 4) is 0 Å². The number of hydrogen-bond donors (Lipinski definition) is 1. The Morgan fingerprint density at radius 3 is 2.74 bits per heavy atom. The van der Waals surface area contributed by atoms with E-state index >= 15 is 0 Å². The molecule has 3 heterocycles. The van der Waals surface area contributed by atoms with Gasteiger partial charge in [0.05, 0.1) is 38.4 Å². The van der Waals surface area contributed by atoms with Gasteiger partial charge in [-0.05, 0) is 37.1 Å². The first-order valence-corrected chi connectivity index (χ1v) is 12.5. The molecule has 3 aliphatic heterocycles. The van der Waals surface area contributed by atoms with Crippen molar-refractivity contribution in [3.05, 3.63) is 35.4 Å². The van der Waals surface area contributed by atoms with Crippen molar-refractivity contribution in [2.24, 2.45) is 4.99 Å². The number of ether oxygens (including phenoxy) is 2. The molecule has 1 aromatic carbocycles. The third-order valence-corrected chi connectivity index (χ3v) is 7.76. The summed E-state index contributed by atoms with van der Waals surface area (Å²) in [4.78, 5) is 10.2. The number of halogens is 1. The number of nitrogens with zero attached hydrogens (tertiary/aromatic N) is 3. The molecule has 3 fully saturated rings. The number of aliphatic imine (C=N–C) groups is 1. The van der Waals surface area contributed by atoms with Crippen molar-refractivity contribution < 1.29 is 9.47 Å². The molecule has 3 aliphatic rings. The first-order chi connectivity index (χ1) is 14.7. The van der Waals surface area contributed by atoms with E-state index in [-0.39, 0.29) is 35.6 Å². The first-order valence-electron chi connectivity index (χ1n) is 11.3. The summed E-state index contributed by atoms with van der Waals surface area (Å²) in [6.45, 7) is 12.3. The maximum absolute atomic E-state index is 6.15. The van der Waals surface area contributed by atoms with E-state index in [4.69, 9.17) is 14.5 Å². The van der Waals surface area contributed by atoms with E-state index in [1.807, 2.05) is 0 Å². The fraction of sp³-hybridized carbons (Fsp3) is 0.696. The maximum Gasteiger partial charge on any atom is 0.194 e. The van der Waals surface area contributed by atoms with E-state index in [1.165, 1.54) is 29.1 Å². The SMILES string of the molecule is CCNC(=NCC1(N2CCOCC2)CCSC1)N1CCOC(c2ccccc2C)C1.I. The molecule has 6 nitrogen and oxygen atoms in total. The molecule has 0 aromatic heterocycles. The lowest BCUT2D eigenvalue weighted by molar-refractivity contribution is -0.0124. The van der Waals surface area contributed by atoms with Gasteiger partial charge in [-0.3, -0.25) is 9.89 Å². The highest BCUT2D eigenvalue weighted by Gasteiger charge is 2.41. The fourth-order valence-corrected chi connectivity index (χ4v) is 6.20. The van der Waals surface area contributed by atoms with Crippen LogP contribution in [0.2, 0.25) is 0 Å². The lowest BCUT2D eigenvalue weighted by atomic mass is 9.96. The molecule has 174 valence electrons. The van der Waals surface area contributed by atoms with Crippen LogP contribution < -0.4 is 5.32 Å². The normalized spacial score (nSPS) is 27.7. The molecule has 0 saturated carbocycles. The summed E-state index contributed by atoms with van der Waals surface area (Å²) >= 11 is 2.07. The quantitative estimate of drug-likeness (QED) is 0.340. The van der Waals surface area contributed by atoms with Crippen LogP contribution in [0.4, 0.5) is 0 Å². The zero-order valence-corrected chi connectivity index (χ0v) is 22.0. The summed E-state index contributed by atoms with van der Waals surface area (Å²) in [6, 6.07) is 8.56. The van der Waals surface area contributed by atoms with Crippen LogP contribution in [0.25, 0.3) is 0 Å². The van der Waals surface area contributed by atoms with Gasteiger partial charge in [-0.25, -0.2) is 0 Å². The predicted molar refractivity (Wildman–Crippen MR) is 140 cm³/mol. The van der Waals surface area contributed by atoms with Crippen LogP contribution in [-0.2, 0) is 9.47 Å². The van der Waals surface area contributed by atoms with Crippen LogP contribution in [-0.4, -0.2) is 91.9 Å². The van der Waals surface area contributed by atoms with Crippen LogP contribution in [0.15, 0.2) is 29.3 Å². The molecule has 2 atom stereocenters. The van der Waals surface area contributed by atoms with E-state index in [9.17, 15) is 0 Å². The Morgan fingerprint density at radius 1 is 1.23 bits per heavy atom. The van der Waals surface area contributed by atoms with Gasteiger partial charge in [0.1, 0.15) is 6.10 Å². The van der Waals surface area contributed by atoms with E-state index < -0.39 is 0 Å². The average molecular weight is 561 g/mol. The second kappa shape index (κ2) is 12.1. The molecule has 0 aliphatic carbocycles. The second-order valence-electron chi connectivity index (χ2n) is 8.46. The van der Waals surface area contributed by atoms with E-state index in [0.717, 1.165) is 65.0 Å². The summed E-state index contributed by atoms with van der Waals surface area (Å²) in [7, 11) is 0. The molecule has 8 heteroatoms. The van der Waals surface area contributed by atoms with Gasteiger partial charge in [-0.2, -0.15) is 11.8 Å². The number of aryl methyl sites for hydroxylation is 1. The van der Waals surface area contributed by atoms with Crippen LogP contribution in [0.3, 0.4) is 0 Å². The van der Waals surface area contributed by atoms with Crippen molar-refractivity contribution in [3.63, 3.8) is 0 Å². The van der Waals surface area contributed by atoms with E-state index in [0.29, 0.717) is 0 Å². The molecule has 31 heavy (non-hydrogen) atoms. The zero-order chi connectivity index (χ0) is 20.8. The molecular weight excluding hydrogens is 523 g/mol. The number of guanidine groups is 1. The van der Waals surface area contributed by atoms with Crippen molar-refractivity contribution in [2.45, 2.75) is 31.9 Å². The molecule has 0 bridgehead atoms. The van der Waals surface area contributed by atoms with Crippen molar-refractivity contribution >= 4 is 41.7 Å². The summed E-state index contributed by atoms with van der Waals surface area (Å²) in [6.07, 6.45) is 1.31. The van der Waals surface area contributed by atoms with Crippen LogP contribution in [0, 0.1) is 6.92 Å². The average Bonchev–Trinajstić information content (AvgIpc) is 3.28. The van der Waals surface area contributed by atoms with Gasteiger partial charge >= 0.3 is 0 Å². The Labute approximate surface area is 208 Å². The third kappa shape index (κ3) is 6.07. The number of thioether (sulfide) groups is 1. The lowest BCUT2D eigenvalue weighted by Gasteiger charge is -2.42. The molecule has 4 rings (SSSR count). The number of morpholine rings is 2. The molecular formula is C23H37IN4O2S. The van der Waals surface area contributed by atoms with Crippen molar-refractivity contribution in [2.75, 3.05) is 70.6 Å². The van der Waals surface area contributed by atoms with Gasteiger partial charge in [-0.1, -0.05) is 24.3 Å². The molecule has 1 N–H and O–H groups in total. The monoisotopic (exact) mass is 560 g/mol. The third-order valence-electron chi connectivity index (χ3n) is 6.52. The molecule has 0 spiro atoms. The lowest BCUT2D eigenvalue weighted by Crippen LogP contribution is -2.56. The fourth-order valence-electron chi connectivity index (χ4n) is 4.73. The van der Waals surface area contributed by atoms with Gasteiger partial charge in [0, 0.05) is 31.9 Å². The minimum absolute atomic E-state index is 0. The van der Waals surface area contributed by atoms with Crippen LogP contribution in [0.1, 0.15) is 30.6 Å². The Hall–Kier alpha value is -0.550. The number of nitrogens with one attached hydrogen (secondary N) is 1. The topological polar surface area (TPSA) is 49.3 Å². The van der Waals surface area contributed by atoms with Gasteiger partial charge in [-0.15, -0.1) is 24.0 Å². The second-order valence-corrected chi connectivity index (χ2v) is 9.56. The van der Waals surface area contributed by atoms with Crippen molar-refractivity contribution in [1.29, 1.82) is 0 Å². The Bertz CT molecular complexity index is 723. The smallest absolute Gasteiger partial charge is 0.194 e. The molecule has 0 amide bonds. The number of hydrogen-bond acceptors (Lipinski definition) is 5. The number of benzene rings is 1. The van der Waals surface area contributed by atoms with E-state index in [2.05, 4.69) is 65.0 Å². The summed E-state index contributed by atoms with van der Waals surface area (Å²) in [5.74, 6) is 3.44. The highest BCUT2D eigenvalue weighted by molar-refractivity contribution is 14.0. The molecule has 1 aromatic rings. The zero-order valence-electron chi connectivity index (χ0n) is 18.8. The number of rotatable bonds is 5. The Balaban J connectivity index is 0.00000272. The minimum Gasteiger partial charge on any atom is -0.379 e. The van der Waals surface area contributed by atoms with E-state index in [1.54, 1.807) is 0 Å². The van der Waals surface area contributed by atoms with Crippen LogP contribution >= 0.6 is 35.7 Å². The van der Waals surface area contributed by atoms with Crippen LogP contribution in [0.5, 0.6) is 0 Å². The summed E-state index contributed by atoms with van der Waals surface area (Å²) in [5, 5.41) is 3.55. The van der Waals surface area contributed by atoms with Gasteiger partial charge in [0.25, 0.3) is 0 Å².